The summed E-state index contributed by atoms with van der Waals surface area (Å²) in [5, 5.41) is 2.87. The highest BCUT2D eigenvalue weighted by atomic mass is 19.2. The van der Waals surface area contributed by atoms with Crippen molar-refractivity contribution in [2.75, 3.05) is 18.5 Å². The molecule has 0 spiro atoms. The van der Waals surface area contributed by atoms with Crippen LogP contribution in [-0.2, 0) is 6.54 Å². The molecule has 0 aromatic heterocycles. The smallest absolute Gasteiger partial charge is 0.181 e. The Morgan fingerprint density at radius 2 is 1.80 bits per heavy atom. The molecule has 1 N–H and O–H groups in total. The first-order chi connectivity index (χ1) is 9.74. The lowest BCUT2D eigenvalue weighted by Crippen LogP contribution is -2.15. The van der Waals surface area contributed by atoms with Gasteiger partial charge in [-0.05, 0) is 29.8 Å². The van der Waals surface area contributed by atoms with Crippen molar-refractivity contribution in [2.24, 2.45) is 0 Å². The van der Waals surface area contributed by atoms with Crippen LogP contribution in [0.1, 0.15) is 5.56 Å². The molecule has 1 heterocycles. The molecule has 0 atom stereocenters. The molecule has 0 saturated carbocycles. The zero-order chi connectivity index (χ0) is 13.9. The maximum atomic E-state index is 13.5. The molecule has 1 aliphatic heterocycles. The van der Waals surface area contributed by atoms with Crippen molar-refractivity contribution in [1.82, 2.24) is 0 Å². The van der Waals surface area contributed by atoms with Gasteiger partial charge in [0, 0.05) is 6.54 Å². The van der Waals surface area contributed by atoms with Gasteiger partial charge in [0.05, 0.1) is 5.69 Å². The molecule has 2 aromatic carbocycles. The van der Waals surface area contributed by atoms with Gasteiger partial charge in [-0.15, -0.1) is 0 Å². The van der Waals surface area contributed by atoms with Gasteiger partial charge in [-0.2, -0.15) is 0 Å². The Labute approximate surface area is 115 Å². The lowest BCUT2D eigenvalue weighted by molar-refractivity contribution is 0.171. The molecule has 0 fully saturated rings. The highest BCUT2D eigenvalue weighted by Gasteiger charge is 2.12. The van der Waals surface area contributed by atoms with Crippen molar-refractivity contribution in [2.45, 2.75) is 6.54 Å². The standard InChI is InChI=1S/C15H13F2NO2/c16-11-2-1-3-12(15(11)17)18-9-10-4-5-13-14(8-10)20-7-6-19-13/h1-5,8,18H,6-7,9H2. The summed E-state index contributed by atoms with van der Waals surface area (Å²) in [6.07, 6.45) is 0. The molecular weight excluding hydrogens is 264 g/mol. The lowest BCUT2D eigenvalue weighted by Gasteiger charge is -2.19. The van der Waals surface area contributed by atoms with E-state index < -0.39 is 11.6 Å². The van der Waals surface area contributed by atoms with Crippen LogP contribution in [0.15, 0.2) is 36.4 Å². The summed E-state index contributed by atoms with van der Waals surface area (Å²) in [5.74, 6) is -0.352. The van der Waals surface area contributed by atoms with Crippen molar-refractivity contribution < 1.29 is 18.3 Å². The van der Waals surface area contributed by atoms with E-state index in [4.69, 9.17) is 9.47 Å². The van der Waals surface area contributed by atoms with Gasteiger partial charge in [-0.3, -0.25) is 0 Å². The van der Waals surface area contributed by atoms with Crippen molar-refractivity contribution in [3.63, 3.8) is 0 Å². The van der Waals surface area contributed by atoms with E-state index in [2.05, 4.69) is 5.32 Å². The van der Waals surface area contributed by atoms with Crippen LogP contribution in [0.5, 0.6) is 11.5 Å². The third-order valence-electron chi connectivity index (χ3n) is 3.04. The molecule has 0 aliphatic carbocycles. The number of nitrogens with one attached hydrogen (secondary N) is 1. The highest BCUT2D eigenvalue weighted by molar-refractivity contribution is 5.48. The molecule has 3 rings (SSSR count). The van der Waals surface area contributed by atoms with Crippen LogP contribution in [0.4, 0.5) is 14.5 Å². The topological polar surface area (TPSA) is 30.5 Å². The van der Waals surface area contributed by atoms with Crippen LogP contribution in [-0.4, -0.2) is 13.2 Å². The molecular formula is C15H13F2NO2. The molecule has 0 saturated heterocycles. The molecule has 0 radical (unpaired) electrons. The minimum atomic E-state index is -0.870. The summed E-state index contributed by atoms with van der Waals surface area (Å²) in [5.41, 5.74) is 1.04. The number of halogens is 2. The molecule has 3 nitrogen and oxygen atoms in total. The van der Waals surface area contributed by atoms with Gasteiger partial charge in [0.25, 0.3) is 0 Å². The minimum absolute atomic E-state index is 0.139. The monoisotopic (exact) mass is 277 g/mol. The molecule has 2 aromatic rings. The second-order valence-electron chi connectivity index (χ2n) is 4.43. The maximum Gasteiger partial charge on any atom is 0.181 e. The van der Waals surface area contributed by atoms with Crippen LogP contribution in [0.3, 0.4) is 0 Å². The highest BCUT2D eigenvalue weighted by Crippen LogP contribution is 2.31. The number of ether oxygens (including phenoxy) is 2. The van der Waals surface area contributed by atoms with E-state index in [-0.39, 0.29) is 5.69 Å². The van der Waals surface area contributed by atoms with Gasteiger partial charge < -0.3 is 14.8 Å². The van der Waals surface area contributed by atoms with E-state index in [9.17, 15) is 8.78 Å². The van der Waals surface area contributed by atoms with E-state index >= 15 is 0 Å². The van der Waals surface area contributed by atoms with Crippen LogP contribution in [0.2, 0.25) is 0 Å². The predicted molar refractivity (Wildman–Crippen MR) is 71.1 cm³/mol. The first-order valence-electron chi connectivity index (χ1n) is 6.30. The molecule has 1 aliphatic rings. The second-order valence-corrected chi connectivity index (χ2v) is 4.43. The normalized spacial score (nSPS) is 13.1. The first kappa shape index (κ1) is 12.7. The summed E-state index contributed by atoms with van der Waals surface area (Å²) >= 11 is 0. The van der Waals surface area contributed by atoms with Crippen LogP contribution >= 0.6 is 0 Å². The summed E-state index contributed by atoms with van der Waals surface area (Å²) in [6.45, 7) is 1.43. The second kappa shape index (κ2) is 5.36. The van der Waals surface area contributed by atoms with E-state index in [0.717, 1.165) is 11.6 Å². The van der Waals surface area contributed by atoms with Gasteiger partial charge in [-0.25, -0.2) is 8.78 Å². The number of hydrogen-bond acceptors (Lipinski definition) is 3. The van der Waals surface area contributed by atoms with Crippen LogP contribution in [0, 0.1) is 11.6 Å². The van der Waals surface area contributed by atoms with Gasteiger partial charge >= 0.3 is 0 Å². The average molecular weight is 277 g/mol. The van der Waals surface area contributed by atoms with Gasteiger partial charge in [0.1, 0.15) is 13.2 Å². The van der Waals surface area contributed by atoms with Gasteiger partial charge in [0.15, 0.2) is 23.1 Å². The Hall–Kier alpha value is -2.30. The Morgan fingerprint density at radius 1 is 1.00 bits per heavy atom. The largest absolute Gasteiger partial charge is 0.486 e. The van der Waals surface area contributed by atoms with Crippen LogP contribution < -0.4 is 14.8 Å². The summed E-state index contributed by atoms with van der Waals surface area (Å²) in [6, 6.07) is 9.55. The summed E-state index contributed by atoms with van der Waals surface area (Å²) in [7, 11) is 0. The molecule has 5 heteroatoms. The Kier molecular flexibility index (Phi) is 3.41. The Bertz CT molecular complexity index is 631. The molecule has 0 bridgehead atoms. The number of rotatable bonds is 3. The zero-order valence-corrected chi connectivity index (χ0v) is 10.7. The maximum absolute atomic E-state index is 13.5. The van der Waals surface area contributed by atoms with E-state index in [1.165, 1.54) is 12.1 Å². The SMILES string of the molecule is Fc1cccc(NCc2ccc3c(c2)OCCO3)c1F. The van der Waals surface area contributed by atoms with Crippen molar-refractivity contribution in [3.05, 3.63) is 53.6 Å². The van der Waals surface area contributed by atoms with E-state index in [1.807, 2.05) is 18.2 Å². The number of anilines is 1. The molecule has 20 heavy (non-hydrogen) atoms. The predicted octanol–water partition coefficient (Wildman–Crippen LogP) is 3.35. The fraction of sp³-hybridized carbons (Fsp3) is 0.200. The lowest BCUT2D eigenvalue weighted by atomic mass is 10.2. The fourth-order valence-corrected chi connectivity index (χ4v) is 2.04. The number of benzene rings is 2. The molecule has 104 valence electrons. The number of hydrogen-bond donors (Lipinski definition) is 1. The third-order valence-corrected chi connectivity index (χ3v) is 3.04. The fourth-order valence-electron chi connectivity index (χ4n) is 2.04. The van der Waals surface area contributed by atoms with E-state index in [0.29, 0.717) is 31.3 Å². The average Bonchev–Trinajstić information content (AvgIpc) is 2.48. The van der Waals surface area contributed by atoms with Crippen molar-refractivity contribution in [1.29, 1.82) is 0 Å². The van der Waals surface area contributed by atoms with E-state index in [1.54, 1.807) is 0 Å². The quantitative estimate of drug-likeness (QED) is 0.933. The van der Waals surface area contributed by atoms with Crippen LogP contribution in [0.25, 0.3) is 0 Å². The third kappa shape index (κ3) is 2.52. The summed E-state index contributed by atoms with van der Waals surface area (Å²) < 4.78 is 37.5. The zero-order valence-electron chi connectivity index (χ0n) is 10.7. The first-order valence-corrected chi connectivity index (χ1v) is 6.30. The Balaban J connectivity index is 1.73. The molecule has 0 amide bonds. The minimum Gasteiger partial charge on any atom is -0.486 e. The number of fused-ring (bicyclic) bond motifs is 1. The van der Waals surface area contributed by atoms with Gasteiger partial charge in [-0.1, -0.05) is 12.1 Å². The Morgan fingerprint density at radius 3 is 2.65 bits per heavy atom. The molecule has 0 unspecified atom stereocenters. The van der Waals surface area contributed by atoms with Crippen molar-refractivity contribution >= 4 is 5.69 Å². The van der Waals surface area contributed by atoms with Gasteiger partial charge in [0.2, 0.25) is 0 Å². The summed E-state index contributed by atoms with van der Waals surface area (Å²) in [4.78, 5) is 0. The van der Waals surface area contributed by atoms with Crippen molar-refractivity contribution in [3.8, 4) is 11.5 Å².